The highest BCUT2D eigenvalue weighted by molar-refractivity contribution is 5.94. The third-order valence-electron chi connectivity index (χ3n) is 5.87. The number of benzene rings is 2. The van der Waals surface area contributed by atoms with Crippen molar-refractivity contribution in [3.8, 4) is 11.3 Å². The minimum absolute atomic E-state index is 0.0130. The highest BCUT2D eigenvalue weighted by Crippen LogP contribution is 2.30. The van der Waals surface area contributed by atoms with Crippen molar-refractivity contribution in [2.45, 2.75) is 19.4 Å². The van der Waals surface area contributed by atoms with Gasteiger partial charge in [0.25, 0.3) is 5.91 Å². The van der Waals surface area contributed by atoms with Crippen LogP contribution in [0.15, 0.2) is 66.9 Å². The average molecular weight is 440 g/mol. The predicted octanol–water partition coefficient (Wildman–Crippen LogP) is 4.32. The Balaban J connectivity index is 1.59. The van der Waals surface area contributed by atoms with Crippen molar-refractivity contribution >= 4 is 28.0 Å². The molecule has 2 aromatic carbocycles. The van der Waals surface area contributed by atoms with Crippen molar-refractivity contribution in [1.29, 1.82) is 0 Å². The number of hydrogen-bond donors (Lipinski definition) is 1. The Morgan fingerprint density at radius 2 is 1.85 bits per heavy atom. The van der Waals surface area contributed by atoms with Crippen LogP contribution < -0.4 is 5.32 Å². The number of rotatable bonds is 4. The normalized spacial score (nSPS) is 11.8. The highest BCUT2D eigenvalue weighted by atomic mass is 19.1. The number of carbonyl (C=O) groups is 1. The second-order valence-electron chi connectivity index (χ2n) is 8.28. The minimum atomic E-state index is -0.606. The van der Waals surface area contributed by atoms with Gasteiger partial charge >= 0.3 is 0 Å². The first-order valence-corrected chi connectivity index (χ1v) is 10.5. The van der Waals surface area contributed by atoms with E-state index in [1.54, 1.807) is 23.0 Å². The van der Waals surface area contributed by atoms with E-state index >= 15 is 0 Å². The van der Waals surface area contributed by atoms with Gasteiger partial charge in [-0.2, -0.15) is 0 Å². The average Bonchev–Trinajstić information content (AvgIpc) is 3.27. The van der Waals surface area contributed by atoms with E-state index in [0.29, 0.717) is 22.4 Å². The number of carbonyl (C=O) groups excluding carboxylic acids is 1. The summed E-state index contributed by atoms with van der Waals surface area (Å²) in [5.74, 6) is -1.08. The maximum atomic E-state index is 14.5. The summed E-state index contributed by atoms with van der Waals surface area (Å²) in [6.07, 6.45) is 1.77. The van der Waals surface area contributed by atoms with E-state index in [9.17, 15) is 9.18 Å². The Morgan fingerprint density at radius 1 is 1.03 bits per heavy atom. The molecule has 7 nitrogen and oxygen atoms in total. The third-order valence-corrected chi connectivity index (χ3v) is 5.87. The highest BCUT2D eigenvalue weighted by Gasteiger charge is 2.27. The Hall–Kier alpha value is -4.20. The predicted molar refractivity (Wildman–Crippen MR) is 124 cm³/mol. The summed E-state index contributed by atoms with van der Waals surface area (Å²) >= 11 is 0. The first kappa shape index (κ1) is 20.7. The molecule has 0 aliphatic rings. The number of amides is 1. The van der Waals surface area contributed by atoms with Gasteiger partial charge in [-0.25, -0.2) is 14.1 Å². The van der Waals surface area contributed by atoms with Gasteiger partial charge in [0.2, 0.25) is 0 Å². The van der Waals surface area contributed by atoms with Crippen LogP contribution in [0, 0.1) is 5.82 Å². The van der Waals surface area contributed by atoms with Crippen LogP contribution in [-0.2, 0) is 5.54 Å². The molecule has 1 N–H and O–H groups in total. The van der Waals surface area contributed by atoms with Crippen LogP contribution in [-0.4, -0.2) is 37.9 Å². The lowest BCUT2D eigenvalue weighted by atomic mass is 9.93. The SMILES string of the molecule is CNC(=O)c1ccc(-c2ccc3nnn(C(C)(C)c4ccc5ncccc5c4)c3n2)cc1F. The van der Waals surface area contributed by atoms with E-state index in [1.807, 2.05) is 44.2 Å². The lowest BCUT2D eigenvalue weighted by Gasteiger charge is -2.26. The van der Waals surface area contributed by atoms with Crippen LogP contribution in [0.1, 0.15) is 29.8 Å². The molecule has 0 radical (unpaired) electrons. The molecular formula is C25H21FN6O. The molecule has 5 aromatic rings. The number of nitrogens with one attached hydrogen (secondary N) is 1. The summed E-state index contributed by atoms with van der Waals surface area (Å²) in [7, 11) is 1.47. The van der Waals surface area contributed by atoms with Crippen LogP contribution in [0.5, 0.6) is 0 Å². The fourth-order valence-electron chi connectivity index (χ4n) is 3.92. The Bertz CT molecular complexity index is 1520. The fraction of sp³-hybridized carbons (Fsp3) is 0.160. The molecule has 0 saturated carbocycles. The number of pyridine rings is 2. The van der Waals surface area contributed by atoms with E-state index in [-0.39, 0.29) is 5.56 Å². The van der Waals surface area contributed by atoms with E-state index in [2.05, 4.69) is 26.7 Å². The molecule has 164 valence electrons. The molecule has 0 aliphatic carbocycles. The number of hydrogen-bond acceptors (Lipinski definition) is 5. The fourth-order valence-corrected chi connectivity index (χ4v) is 3.92. The topological polar surface area (TPSA) is 85.6 Å². The summed E-state index contributed by atoms with van der Waals surface area (Å²) in [4.78, 5) is 20.9. The van der Waals surface area contributed by atoms with Gasteiger partial charge in [-0.05, 0) is 61.9 Å². The molecule has 0 aliphatic heterocycles. The zero-order valence-electron chi connectivity index (χ0n) is 18.4. The largest absolute Gasteiger partial charge is 0.355 e. The first-order valence-electron chi connectivity index (χ1n) is 10.5. The summed E-state index contributed by atoms with van der Waals surface area (Å²) < 4.78 is 16.3. The molecular weight excluding hydrogens is 419 g/mol. The van der Waals surface area contributed by atoms with Crippen molar-refractivity contribution in [2.24, 2.45) is 0 Å². The standard InChI is InChI=1S/C25H21FN6O/c1-25(2,17-7-9-20-15(13-17)5-4-12-28-20)32-23-22(30-31-32)11-10-21(29-23)16-6-8-18(19(26)14-16)24(33)27-3/h4-14H,1-3H3,(H,27,33). The maximum absolute atomic E-state index is 14.5. The van der Waals surface area contributed by atoms with E-state index in [0.717, 1.165) is 16.5 Å². The number of aromatic nitrogens is 5. The van der Waals surface area contributed by atoms with Gasteiger partial charge in [-0.1, -0.05) is 23.4 Å². The second-order valence-corrected chi connectivity index (χ2v) is 8.28. The molecule has 0 fully saturated rings. The molecule has 8 heteroatoms. The summed E-state index contributed by atoms with van der Waals surface area (Å²) in [6, 6.07) is 18.1. The van der Waals surface area contributed by atoms with Crippen molar-refractivity contribution < 1.29 is 9.18 Å². The zero-order valence-corrected chi connectivity index (χ0v) is 18.4. The van der Waals surface area contributed by atoms with E-state index < -0.39 is 17.3 Å². The smallest absolute Gasteiger partial charge is 0.253 e. The Labute approximate surface area is 189 Å². The van der Waals surface area contributed by atoms with Gasteiger partial charge in [0.15, 0.2) is 5.65 Å². The molecule has 0 bridgehead atoms. The third kappa shape index (κ3) is 3.49. The lowest BCUT2D eigenvalue weighted by Crippen LogP contribution is -2.29. The van der Waals surface area contributed by atoms with Crippen LogP contribution in [0.2, 0.25) is 0 Å². The number of halogens is 1. The van der Waals surface area contributed by atoms with Gasteiger partial charge in [0.1, 0.15) is 11.3 Å². The molecule has 0 spiro atoms. The van der Waals surface area contributed by atoms with Gasteiger partial charge in [-0.3, -0.25) is 9.78 Å². The summed E-state index contributed by atoms with van der Waals surface area (Å²) in [6.45, 7) is 4.09. The van der Waals surface area contributed by atoms with E-state index in [4.69, 9.17) is 4.98 Å². The van der Waals surface area contributed by atoms with Gasteiger partial charge in [0, 0.05) is 24.2 Å². The Morgan fingerprint density at radius 3 is 2.64 bits per heavy atom. The summed E-state index contributed by atoms with van der Waals surface area (Å²) in [5, 5.41) is 12.1. The van der Waals surface area contributed by atoms with Gasteiger partial charge in [0.05, 0.1) is 22.3 Å². The molecule has 3 aromatic heterocycles. The molecule has 0 unspecified atom stereocenters. The van der Waals surface area contributed by atoms with Crippen LogP contribution in [0.25, 0.3) is 33.3 Å². The second kappa shape index (κ2) is 7.74. The van der Waals surface area contributed by atoms with Gasteiger partial charge in [-0.15, -0.1) is 5.10 Å². The van der Waals surface area contributed by atoms with Crippen molar-refractivity contribution in [1.82, 2.24) is 30.3 Å². The first-order chi connectivity index (χ1) is 15.9. The van der Waals surface area contributed by atoms with Crippen LogP contribution >= 0.6 is 0 Å². The maximum Gasteiger partial charge on any atom is 0.253 e. The van der Waals surface area contributed by atoms with Gasteiger partial charge < -0.3 is 5.32 Å². The Kier molecular flexibility index (Phi) is 4.85. The minimum Gasteiger partial charge on any atom is -0.355 e. The molecule has 0 saturated heterocycles. The zero-order chi connectivity index (χ0) is 23.2. The molecule has 3 heterocycles. The van der Waals surface area contributed by atoms with Crippen LogP contribution in [0.4, 0.5) is 4.39 Å². The van der Waals surface area contributed by atoms with Crippen LogP contribution in [0.3, 0.4) is 0 Å². The summed E-state index contributed by atoms with van der Waals surface area (Å²) in [5.41, 5.74) is 3.72. The molecule has 1 amide bonds. The quantitative estimate of drug-likeness (QED) is 0.450. The number of nitrogens with zero attached hydrogens (tertiary/aromatic N) is 5. The van der Waals surface area contributed by atoms with Crippen molar-refractivity contribution in [2.75, 3.05) is 7.05 Å². The van der Waals surface area contributed by atoms with Crippen molar-refractivity contribution in [3.63, 3.8) is 0 Å². The van der Waals surface area contributed by atoms with E-state index in [1.165, 1.54) is 19.2 Å². The van der Waals surface area contributed by atoms with Crippen molar-refractivity contribution in [3.05, 3.63) is 83.8 Å². The monoisotopic (exact) mass is 440 g/mol. The number of fused-ring (bicyclic) bond motifs is 2. The molecule has 5 rings (SSSR count). The molecule has 0 atom stereocenters. The lowest BCUT2D eigenvalue weighted by molar-refractivity contribution is 0.0959. The molecule has 33 heavy (non-hydrogen) atoms.